The Morgan fingerprint density at radius 2 is 1.67 bits per heavy atom. The summed E-state index contributed by atoms with van der Waals surface area (Å²) in [6.07, 6.45) is 0.963. The Kier molecular flexibility index (Phi) is 5.14. The van der Waals surface area contributed by atoms with Crippen LogP contribution in [-0.4, -0.2) is 6.61 Å². The largest absolute Gasteiger partial charge is 0.494 e. The second-order valence-electron chi connectivity index (χ2n) is 4.94. The second kappa shape index (κ2) is 7.07. The zero-order valence-corrected chi connectivity index (χ0v) is 12.2. The van der Waals surface area contributed by atoms with Crippen LogP contribution in [0, 0.1) is 11.6 Å². The molecule has 0 heterocycles. The van der Waals surface area contributed by atoms with E-state index >= 15 is 0 Å². The molecule has 0 saturated carbocycles. The lowest BCUT2D eigenvalue weighted by Gasteiger charge is -2.16. The Hall–Kier alpha value is -2.10. The quantitative estimate of drug-likeness (QED) is 0.815. The number of halogens is 2. The van der Waals surface area contributed by atoms with Gasteiger partial charge in [-0.3, -0.25) is 0 Å². The molecule has 0 fully saturated rings. The summed E-state index contributed by atoms with van der Waals surface area (Å²) < 4.78 is 31.8. The maximum Gasteiger partial charge on any atom is 0.128 e. The predicted octanol–water partition coefficient (Wildman–Crippen LogP) is 4.93. The van der Waals surface area contributed by atoms with Crippen LogP contribution in [0.25, 0.3) is 0 Å². The van der Waals surface area contributed by atoms with Crippen molar-refractivity contribution in [3.8, 4) is 5.75 Å². The van der Waals surface area contributed by atoms with E-state index in [9.17, 15) is 8.78 Å². The van der Waals surface area contributed by atoms with E-state index in [1.807, 2.05) is 31.2 Å². The lowest BCUT2D eigenvalue weighted by atomic mass is 10.1. The van der Waals surface area contributed by atoms with Crippen LogP contribution in [0.1, 0.15) is 31.9 Å². The molecule has 21 heavy (non-hydrogen) atoms. The Balaban J connectivity index is 2.04. The summed E-state index contributed by atoms with van der Waals surface area (Å²) in [7, 11) is 0. The average molecular weight is 291 g/mol. The van der Waals surface area contributed by atoms with E-state index < -0.39 is 11.6 Å². The molecule has 0 aliphatic heterocycles. The molecule has 0 aliphatic carbocycles. The van der Waals surface area contributed by atoms with Gasteiger partial charge in [-0.15, -0.1) is 0 Å². The van der Waals surface area contributed by atoms with Crippen LogP contribution in [0.3, 0.4) is 0 Å². The molecular weight excluding hydrogens is 272 g/mol. The van der Waals surface area contributed by atoms with Crippen LogP contribution in [-0.2, 0) is 0 Å². The Morgan fingerprint density at radius 3 is 2.24 bits per heavy atom. The zero-order chi connectivity index (χ0) is 15.2. The van der Waals surface area contributed by atoms with E-state index in [1.165, 1.54) is 12.1 Å². The molecule has 0 bridgehead atoms. The highest BCUT2D eigenvalue weighted by atomic mass is 19.1. The van der Waals surface area contributed by atoms with Gasteiger partial charge in [-0.25, -0.2) is 8.78 Å². The molecule has 1 atom stereocenters. The molecule has 1 unspecified atom stereocenters. The third-order valence-corrected chi connectivity index (χ3v) is 3.10. The Bertz CT molecular complexity index is 564. The molecule has 2 rings (SSSR count). The molecule has 0 aliphatic rings. The van der Waals surface area contributed by atoms with Gasteiger partial charge in [0.05, 0.1) is 6.61 Å². The van der Waals surface area contributed by atoms with Crippen LogP contribution in [0.2, 0.25) is 0 Å². The van der Waals surface area contributed by atoms with Gasteiger partial charge < -0.3 is 10.1 Å². The van der Waals surface area contributed by atoms with Gasteiger partial charge >= 0.3 is 0 Å². The molecule has 0 spiro atoms. The molecule has 0 radical (unpaired) electrons. The van der Waals surface area contributed by atoms with Gasteiger partial charge in [0.1, 0.15) is 17.4 Å². The zero-order valence-electron chi connectivity index (χ0n) is 12.2. The fourth-order valence-electron chi connectivity index (χ4n) is 2.04. The summed E-state index contributed by atoms with van der Waals surface area (Å²) >= 11 is 0. The van der Waals surface area contributed by atoms with Crippen molar-refractivity contribution in [3.05, 3.63) is 59.7 Å². The molecule has 4 heteroatoms. The molecule has 2 aromatic rings. The first-order valence-electron chi connectivity index (χ1n) is 7.04. The number of nitrogens with one attached hydrogen (secondary N) is 1. The standard InChI is InChI=1S/C17H19F2NO/c1-3-8-21-17-6-4-13(5-7-17)12(2)20-16-10-14(18)9-15(19)11-16/h4-7,9-12,20H,3,8H2,1-2H3. The first-order valence-corrected chi connectivity index (χ1v) is 7.04. The van der Waals surface area contributed by atoms with Crippen LogP contribution in [0.15, 0.2) is 42.5 Å². The predicted molar refractivity (Wildman–Crippen MR) is 80.6 cm³/mol. The summed E-state index contributed by atoms with van der Waals surface area (Å²) in [6.45, 7) is 4.68. The van der Waals surface area contributed by atoms with Crippen molar-refractivity contribution in [2.45, 2.75) is 26.3 Å². The van der Waals surface area contributed by atoms with Crippen molar-refractivity contribution in [2.24, 2.45) is 0 Å². The molecule has 2 aromatic carbocycles. The minimum absolute atomic E-state index is 0.0635. The maximum absolute atomic E-state index is 13.2. The molecule has 2 nitrogen and oxygen atoms in total. The van der Waals surface area contributed by atoms with Crippen molar-refractivity contribution in [1.29, 1.82) is 0 Å². The van der Waals surface area contributed by atoms with Gasteiger partial charge in [-0.1, -0.05) is 19.1 Å². The second-order valence-corrected chi connectivity index (χ2v) is 4.94. The van der Waals surface area contributed by atoms with Gasteiger partial charge in [-0.2, -0.15) is 0 Å². The molecular formula is C17H19F2NO. The minimum Gasteiger partial charge on any atom is -0.494 e. The Labute approximate surface area is 123 Å². The lowest BCUT2D eigenvalue weighted by molar-refractivity contribution is 0.317. The van der Waals surface area contributed by atoms with Crippen LogP contribution in [0.5, 0.6) is 5.75 Å². The van der Waals surface area contributed by atoms with Gasteiger partial charge in [0.25, 0.3) is 0 Å². The highest BCUT2D eigenvalue weighted by Gasteiger charge is 2.07. The van der Waals surface area contributed by atoms with Crippen molar-refractivity contribution < 1.29 is 13.5 Å². The van der Waals surface area contributed by atoms with Gasteiger partial charge in [-0.05, 0) is 43.2 Å². The van der Waals surface area contributed by atoms with E-state index in [-0.39, 0.29) is 6.04 Å². The number of hydrogen-bond donors (Lipinski definition) is 1. The number of anilines is 1. The van der Waals surface area contributed by atoms with E-state index in [2.05, 4.69) is 12.2 Å². The van der Waals surface area contributed by atoms with Gasteiger partial charge in [0, 0.05) is 17.8 Å². The van der Waals surface area contributed by atoms with Crippen LogP contribution < -0.4 is 10.1 Å². The fraction of sp³-hybridized carbons (Fsp3) is 0.294. The van der Waals surface area contributed by atoms with Crippen molar-refractivity contribution in [1.82, 2.24) is 0 Å². The molecule has 0 aromatic heterocycles. The van der Waals surface area contributed by atoms with Gasteiger partial charge in [0.15, 0.2) is 0 Å². The topological polar surface area (TPSA) is 21.3 Å². The number of rotatable bonds is 6. The highest BCUT2D eigenvalue weighted by molar-refractivity contribution is 5.46. The summed E-state index contributed by atoms with van der Waals surface area (Å²) in [5.41, 5.74) is 1.44. The molecule has 0 saturated heterocycles. The summed E-state index contributed by atoms with van der Waals surface area (Å²) in [5, 5.41) is 3.08. The van der Waals surface area contributed by atoms with Crippen molar-refractivity contribution in [2.75, 3.05) is 11.9 Å². The fourth-order valence-corrected chi connectivity index (χ4v) is 2.04. The third-order valence-electron chi connectivity index (χ3n) is 3.10. The van der Waals surface area contributed by atoms with Crippen LogP contribution >= 0.6 is 0 Å². The van der Waals surface area contributed by atoms with Crippen molar-refractivity contribution in [3.63, 3.8) is 0 Å². The average Bonchev–Trinajstić information content (AvgIpc) is 2.44. The number of hydrogen-bond acceptors (Lipinski definition) is 2. The highest BCUT2D eigenvalue weighted by Crippen LogP contribution is 2.23. The third kappa shape index (κ3) is 4.45. The van der Waals surface area contributed by atoms with E-state index in [0.29, 0.717) is 12.3 Å². The first-order chi connectivity index (χ1) is 10.1. The maximum atomic E-state index is 13.2. The lowest BCUT2D eigenvalue weighted by Crippen LogP contribution is -2.07. The normalized spacial score (nSPS) is 12.0. The van der Waals surface area contributed by atoms with E-state index in [4.69, 9.17) is 4.74 Å². The van der Waals surface area contributed by atoms with Crippen molar-refractivity contribution >= 4 is 5.69 Å². The summed E-state index contributed by atoms with van der Waals surface area (Å²) in [6, 6.07) is 11.0. The number of ether oxygens (including phenoxy) is 1. The summed E-state index contributed by atoms with van der Waals surface area (Å²) in [4.78, 5) is 0. The SMILES string of the molecule is CCCOc1ccc(C(C)Nc2cc(F)cc(F)c2)cc1. The van der Waals surface area contributed by atoms with E-state index in [1.54, 1.807) is 0 Å². The number of benzene rings is 2. The molecule has 1 N–H and O–H groups in total. The smallest absolute Gasteiger partial charge is 0.128 e. The van der Waals surface area contributed by atoms with Gasteiger partial charge in [0.2, 0.25) is 0 Å². The summed E-state index contributed by atoms with van der Waals surface area (Å²) in [5.74, 6) is -0.356. The first kappa shape index (κ1) is 15.3. The Morgan fingerprint density at radius 1 is 1.05 bits per heavy atom. The van der Waals surface area contributed by atoms with E-state index in [0.717, 1.165) is 23.8 Å². The van der Waals surface area contributed by atoms with Crippen LogP contribution in [0.4, 0.5) is 14.5 Å². The molecule has 0 amide bonds. The monoisotopic (exact) mass is 291 g/mol. The minimum atomic E-state index is -0.590. The molecule has 112 valence electrons.